The van der Waals surface area contributed by atoms with Crippen LogP contribution in [0.2, 0.25) is 10.0 Å². The van der Waals surface area contributed by atoms with Gasteiger partial charge in [-0.3, -0.25) is 4.79 Å². The number of aromatic nitrogens is 2. The molecule has 2 aromatic carbocycles. The van der Waals surface area contributed by atoms with Crippen molar-refractivity contribution in [3.05, 3.63) is 64.0 Å². The Labute approximate surface area is 159 Å². The van der Waals surface area contributed by atoms with Gasteiger partial charge < -0.3 is 14.6 Å². The van der Waals surface area contributed by atoms with Crippen molar-refractivity contribution in [3.63, 3.8) is 0 Å². The van der Waals surface area contributed by atoms with Crippen molar-refractivity contribution in [2.75, 3.05) is 0 Å². The van der Waals surface area contributed by atoms with Crippen LogP contribution < -0.4 is 10.1 Å². The van der Waals surface area contributed by atoms with Crippen LogP contribution in [-0.4, -0.2) is 22.2 Å². The number of fused-ring (bicyclic) bond motifs is 1. The predicted molar refractivity (Wildman–Crippen MR) is 96.2 cm³/mol. The third-order valence-electron chi connectivity index (χ3n) is 3.99. The normalized spacial score (nSPS) is 15.4. The highest BCUT2D eigenvalue weighted by Crippen LogP contribution is 2.31. The fourth-order valence-corrected chi connectivity index (χ4v) is 3.13. The Balaban J connectivity index is 1.38. The van der Waals surface area contributed by atoms with Crippen LogP contribution in [0.25, 0.3) is 11.4 Å². The van der Waals surface area contributed by atoms with E-state index in [0.717, 1.165) is 5.56 Å². The lowest BCUT2D eigenvalue weighted by Gasteiger charge is -2.09. The van der Waals surface area contributed by atoms with Crippen LogP contribution >= 0.6 is 23.2 Å². The number of amides is 1. The van der Waals surface area contributed by atoms with Gasteiger partial charge in [0.15, 0.2) is 6.10 Å². The zero-order valence-electron chi connectivity index (χ0n) is 13.4. The second-order valence-electron chi connectivity index (χ2n) is 5.77. The predicted octanol–water partition coefficient (Wildman–Crippen LogP) is 3.66. The molecule has 1 N–H and O–H groups in total. The van der Waals surface area contributed by atoms with E-state index in [1.54, 1.807) is 30.3 Å². The molecule has 1 aliphatic heterocycles. The fourth-order valence-electron chi connectivity index (χ4n) is 2.72. The van der Waals surface area contributed by atoms with E-state index in [2.05, 4.69) is 15.5 Å². The molecule has 4 rings (SSSR count). The summed E-state index contributed by atoms with van der Waals surface area (Å²) in [6, 6.07) is 12.5. The van der Waals surface area contributed by atoms with Gasteiger partial charge in [0.05, 0.1) is 11.6 Å². The number of carbonyl (C=O) groups excluding carboxylic acids is 1. The fraction of sp³-hybridized carbons (Fsp3) is 0.167. The molecule has 1 aliphatic rings. The third-order valence-corrected chi connectivity index (χ3v) is 4.55. The molecule has 1 aromatic heterocycles. The topological polar surface area (TPSA) is 77.3 Å². The average molecular weight is 390 g/mol. The van der Waals surface area contributed by atoms with Gasteiger partial charge in [-0.1, -0.05) is 40.5 Å². The van der Waals surface area contributed by atoms with Gasteiger partial charge in [-0.25, -0.2) is 0 Å². The minimum absolute atomic E-state index is 0.104. The first kappa shape index (κ1) is 16.9. The quantitative estimate of drug-likeness (QED) is 0.736. The molecule has 1 amide bonds. The molecule has 0 bridgehead atoms. The van der Waals surface area contributed by atoms with Crippen molar-refractivity contribution in [2.24, 2.45) is 0 Å². The highest BCUT2D eigenvalue weighted by atomic mass is 35.5. The number of nitrogens with zero attached hydrogens (tertiary/aromatic N) is 2. The number of rotatable bonds is 4. The number of carbonyl (C=O) groups is 1. The van der Waals surface area contributed by atoms with Crippen LogP contribution in [0.3, 0.4) is 0 Å². The summed E-state index contributed by atoms with van der Waals surface area (Å²) in [6.45, 7) is 0.104. The minimum Gasteiger partial charge on any atom is -0.480 e. The lowest BCUT2D eigenvalue weighted by atomic mass is 10.1. The maximum atomic E-state index is 12.3. The van der Waals surface area contributed by atoms with Gasteiger partial charge in [-0.05, 0) is 35.9 Å². The lowest BCUT2D eigenvalue weighted by molar-refractivity contribution is -0.127. The van der Waals surface area contributed by atoms with Crippen LogP contribution in [-0.2, 0) is 17.8 Å². The molecule has 0 saturated heterocycles. The number of hydrogen-bond donors (Lipinski definition) is 1. The largest absolute Gasteiger partial charge is 0.480 e. The van der Waals surface area contributed by atoms with Gasteiger partial charge >= 0.3 is 0 Å². The van der Waals surface area contributed by atoms with E-state index in [9.17, 15) is 4.79 Å². The summed E-state index contributed by atoms with van der Waals surface area (Å²) in [5.74, 6) is 1.08. The highest BCUT2D eigenvalue weighted by molar-refractivity contribution is 6.33. The third kappa shape index (κ3) is 3.38. The van der Waals surface area contributed by atoms with Crippen molar-refractivity contribution >= 4 is 29.1 Å². The summed E-state index contributed by atoms with van der Waals surface area (Å²) in [4.78, 5) is 16.6. The molecular formula is C18H13Cl2N3O3. The standard InChI is InChI=1S/C18H13Cl2N3O3/c19-11-5-6-14-10(7-11)8-15(25-14)18(24)21-9-16-22-17(23-26-16)12-3-1-2-4-13(12)20/h1-7,15H,8-9H2,(H,21,24)/t15-/m0/s1. The zero-order valence-corrected chi connectivity index (χ0v) is 14.9. The Bertz CT molecular complexity index is 974. The summed E-state index contributed by atoms with van der Waals surface area (Å²) in [5, 5.41) is 7.79. The van der Waals surface area contributed by atoms with Gasteiger partial charge in [0.25, 0.3) is 5.91 Å². The zero-order chi connectivity index (χ0) is 18.1. The van der Waals surface area contributed by atoms with Gasteiger partial charge in [-0.15, -0.1) is 0 Å². The Kier molecular flexibility index (Phi) is 4.53. The molecule has 6 nitrogen and oxygen atoms in total. The first-order chi connectivity index (χ1) is 12.6. The summed E-state index contributed by atoms with van der Waals surface area (Å²) >= 11 is 12.1. The first-order valence-corrected chi connectivity index (χ1v) is 8.66. The van der Waals surface area contributed by atoms with Crippen molar-refractivity contribution in [1.29, 1.82) is 0 Å². The van der Waals surface area contributed by atoms with Crippen molar-refractivity contribution < 1.29 is 14.1 Å². The van der Waals surface area contributed by atoms with Crippen LogP contribution in [0.15, 0.2) is 47.0 Å². The SMILES string of the molecule is O=C(NCc1nc(-c2ccccc2Cl)no1)[C@@H]1Cc2cc(Cl)ccc2O1. The molecule has 2 heterocycles. The molecule has 0 radical (unpaired) electrons. The van der Waals surface area contributed by atoms with Crippen LogP contribution in [0.1, 0.15) is 11.5 Å². The van der Waals surface area contributed by atoms with Crippen LogP contribution in [0, 0.1) is 0 Å². The Morgan fingerprint density at radius 2 is 2.08 bits per heavy atom. The number of halogens is 2. The van der Waals surface area contributed by atoms with E-state index in [0.29, 0.717) is 33.6 Å². The lowest BCUT2D eigenvalue weighted by Crippen LogP contribution is -2.37. The Morgan fingerprint density at radius 1 is 1.23 bits per heavy atom. The van der Waals surface area contributed by atoms with E-state index in [-0.39, 0.29) is 18.3 Å². The van der Waals surface area contributed by atoms with E-state index in [1.165, 1.54) is 0 Å². The molecular weight excluding hydrogens is 377 g/mol. The molecule has 3 aromatic rings. The van der Waals surface area contributed by atoms with Crippen molar-refractivity contribution in [3.8, 4) is 17.1 Å². The monoisotopic (exact) mass is 389 g/mol. The van der Waals surface area contributed by atoms with E-state index in [1.807, 2.05) is 12.1 Å². The molecule has 0 aliphatic carbocycles. The molecule has 1 atom stereocenters. The second-order valence-corrected chi connectivity index (χ2v) is 6.62. The van der Waals surface area contributed by atoms with E-state index in [4.69, 9.17) is 32.5 Å². The number of nitrogens with one attached hydrogen (secondary N) is 1. The summed E-state index contributed by atoms with van der Waals surface area (Å²) < 4.78 is 10.8. The summed E-state index contributed by atoms with van der Waals surface area (Å²) in [7, 11) is 0. The van der Waals surface area contributed by atoms with Crippen molar-refractivity contribution in [2.45, 2.75) is 19.1 Å². The number of ether oxygens (including phenoxy) is 1. The van der Waals surface area contributed by atoms with Gasteiger partial charge in [0.2, 0.25) is 11.7 Å². The highest BCUT2D eigenvalue weighted by Gasteiger charge is 2.29. The van der Waals surface area contributed by atoms with E-state index >= 15 is 0 Å². The van der Waals surface area contributed by atoms with E-state index < -0.39 is 6.10 Å². The maximum Gasteiger partial charge on any atom is 0.261 e. The van der Waals surface area contributed by atoms with Crippen LogP contribution in [0.5, 0.6) is 5.75 Å². The molecule has 132 valence electrons. The molecule has 0 fully saturated rings. The Morgan fingerprint density at radius 3 is 2.92 bits per heavy atom. The van der Waals surface area contributed by atoms with Gasteiger partial charge in [-0.2, -0.15) is 4.98 Å². The second kappa shape index (κ2) is 6.97. The molecule has 26 heavy (non-hydrogen) atoms. The average Bonchev–Trinajstić information content (AvgIpc) is 3.26. The first-order valence-electron chi connectivity index (χ1n) is 7.90. The molecule has 0 spiro atoms. The smallest absolute Gasteiger partial charge is 0.261 e. The summed E-state index contributed by atoms with van der Waals surface area (Å²) in [5.41, 5.74) is 1.58. The molecule has 8 heteroatoms. The summed E-state index contributed by atoms with van der Waals surface area (Å²) in [6.07, 6.45) is -0.134. The minimum atomic E-state index is -0.602. The number of hydrogen-bond acceptors (Lipinski definition) is 5. The number of benzene rings is 2. The van der Waals surface area contributed by atoms with Crippen molar-refractivity contribution in [1.82, 2.24) is 15.5 Å². The molecule has 0 saturated carbocycles. The molecule has 0 unspecified atom stereocenters. The van der Waals surface area contributed by atoms with Gasteiger partial charge in [0.1, 0.15) is 5.75 Å². The van der Waals surface area contributed by atoms with Gasteiger partial charge in [0, 0.05) is 17.0 Å². The Hall–Kier alpha value is -2.57. The maximum absolute atomic E-state index is 12.3. The van der Waals surface area contributed by atoms with Crippen LogP contribution in [0.4, 0.5) is 0 Å².